The monoisotopic (exact) mass is 342 g/mol. The molecule has 0 saturated heterocycles. The molecule has 0 fully saturated rings. The van der Waals surface area contributed by atoms with Gasteiger partial charge in [0.25, 0.3) is 0 Å². The van der Waals surface area contributed by atoms with Crippen LogP contribution in [0.25, 0.3) is 22.6 Å². The molecule has 0 radical (unpaired) electrons. The number of anilines is 2. The molecule has 0 aliphatic heterocycles. The number of nitrogens with zero attached hydrogens (tertiary/aromatic N) is 2. The van der Waals surface area contributed by atoms with E-state index in [-0.39, 0.29) is 0 Å². The van der Waals surface area contributed by atoms with Gasteiger partial charge < -0.3 is 15.1 Å². The third kappa shape index (κ3) is 2.96. The van der Waals surface area contributed by atoms with Crippen molar-refractivity contribution >= 4 is 29.4 Å². The van der Waals surface area contributed by atoms with Crippen molar-refractivity contribution < 1.29 is 9.21 Å². The average Bonchev–Trinajstić information content (AvgIpc) is 3.02. The number of halogens is 1. The summed E-state index contributed by atoms with van der Waals surface area (Å²) in [6, 6.07) is 11.2. The smallest absolute Gasteiger partial charge is 0.249 e. The lowest BCUT2D eigenvalue weighted by Gasteiger charge is -2.12. The Kier molecular flexibility index (Phi) is 4.48. The SMILES string of the molecule is CNc1cc(-c2cccc(-c3nnc(C)o3)c2Cl)ccc1NC=O. The van der Waals surface area contributed by atoms with Crippen LogP contribution in [-0.2, 0) is 4.79 Å². The van der Waals surface area contributed by atoms with Gasteiger partial charge in [0.1, 0.15) is 0 Å². The minimum atomic E-state index is 0.382. The molecule has 0 saturated carbocycles. The molecule has 3 aromatic rings. The van der Waals surface area contributed by atoms with Crippen molar-refractivity contribution in [1.82, 2.24) is 10.2 Å². The highest BCUT2D eigenvalue weighted by Crippen LogP contribution is 2.37. The molecule has 7 heteroatoms. The summed E-state index contributed by atoms with van der Waals surface area (Å²) >= 11 is 6.56. The Balaban J connectivity index is 2.08. The van der Waals surface area contributed by atoms with Crippen LogP contribution in [0.5, 0.6) is 0 Å². The second kappa shape index (κ2) is 6.72. The number of nitrogens with one attached hydrogen (secondary N) is 2. The topological polar surface area (TPSA) is 80.1 Å². The molecule has 122 valence electrons. The highest BCUT2D eigenvalue weighted by molar-refractivity contribution is 6.36. The number of rotatable bonds is 5. The van der Waals surface area contributed by atoms with Gasteiger partial charge in [-0.2, -0.15) is 0 Å². The van der Waals surface area contributed by atoms with E-state index >= 15 is 0 Å². The quantitative estimate of drug-likeness (QED) is 0.686. The summed E-state index contributed by atoms with van der Waals surface area (Å²) in [5.41, 5.74) is 3.89. The fraction of sp³-hybridized carbons (Fsp3) is 0.118. The second-order valence-corrected chi connectivity index (χ2v) is 5.44. The van der Waals surface area contributed by atoms with Crippen molar-refractivity contribution in [3.63, 3.8) is 0 Å². The van der Waals surface area contributed by atoms with Gasteiger partial charge in [0, 0.05) is 19.5 Å². The van der Waals surface area contributed by atoms with E-state index in [4.69, 9.17) is 16.0 Å². The predicted molar refractivity (Wildman–Crippen MR) is 94.2 cm³/mol. The molecule has 0 unspecified atom stereocenters. The summed E-state index contributed by atoms with van der Waals surface area (Å²) in [5.74, 6) is 0.862. The number of amides is 1. The fourth-order valence-corrected chi connectivity index (χ4v) is 2.75. The lowest BCUT2D eigenvalue weighted by Crippen LogP contribution is -1.99. The Morgan fingerprint density at radius 2 is 1.92 bits per heavy atom. The van der Waals surface area contributed by atoms with E-state index < -0.39 is 0 Å². The van der Waals surface area contributed by atoms with E-state index in [9.17, 15) is 4.79 Å². The molecule has 0 aliphatic carbocycles. The first kappa shape index (κ1) is 16.0. The van der Waals surface area contributed by atoms with Crippen LogP contribution in [-0.4, -0.2) is 23.7 Å². The molecule has 6 nitrogen and oxygen atoms in total. The number of benzene rings is 2. The third-order valence-corrected chi connectivity index (χ3v) is 3.98. The standard InChI is InChI=1S/C17H15ClN4O2/c1-10-21-22-17(24-10)13-5-3-4-12(16(13)18)11-6-7-14(20-9-23)15(8-11)19-2/h3-9,19H,1-2H3,(H,20,23). The largest absolute Gasteiger partial charge is 0.421 e. The first-order valence-corrected chi connectivity index (χ1v) is 7.63. The Hall–Kier alpha value is -2.86. The normalized spacial score (nSPS) is 10.5. The average molecular weight is 343 g/mol. The number of hydrogen-bond donors (Lipinski definition) is 2. The predicted octanol–water partition coefficient (Wildman–Crippen LogP) is 3.98. The fourth-order valence-electron chi connectivity index (χ4n) is 2.43. The van der Waals surface area contributed by atoms with E-state index in [1.807, 2.05) is 36.4 Å². The van der Waals surface area contributed by atoms with Gasteiger partial charge >= 0.3 is 0 Å². The maximum atomic E-state index is 10.7. The van der Waals surface area contributed by atoms with E-state index in [1.165, 1.54) is 0 Å². The Morgan fingerprint density at radius 3 is 2.58 bits per heavy atom. The van der Waals surface area contributed by atoms with Crippen LogP contribution >= 0.6 is 11.6 Å². The summed E-state index contributed by atoms with van der Waals surface area (Å²) in [5, 5.41) is 14.1. The molecule has 24 heavy (non-hydrogen) atoms. The highest BCUT2D eigenvalue weighted by Gasteiger charge is 2.15. The van der Waals surface area contributed by atoms with Crippen LogP contribution in [0.2, 0.25) is 5.02 Å². The molecule has 0 bridgehead atoms. The van der Waals surface area contributed by atoms with Gasteiger partial charge in [-0.15, -0.1) is 10.2 Å². The summed E-state index contributed by atoms with van der Waals surface area (Å²) in [6.07, 6.45) is 0.640. The number of hydrogen-bond acceptors (Lipinski definition) is 5. The first-order valence-electron chi connectivity index (χ1n) is 7.25. The van der Waals surface area contributed by atoms with E-state index in [0.717, 1.165) is 16.8 Å². The van der Waals surface area contributed by atoms with Gasteiger partial charge in [-0.1, -0.05) is 29.8 Å². The minimum Gasteiger partial charge on any atom is -0.421 e. The Morgan fingerprint density at radius 1 is 1.12 bits per heavy atom. The zero-order chi connectivity index (χ0) is 17.1. The van der Waals surface area contributed by atoms with Crippen LogP contribution in [0.1, 0.15) is 5.89 Å². The summed E-state index contributed by atoms with van der Waals surface area (Å²) < 4.78 is 5.47. The zero-order valence-corrected chi connectivity index (χ0v) is 13.9. The van der Waals surface area contributed by atoms with Gasteiger partial charge in [-0.25, -0.2) is 0 Å². The van der Waals surface area contributed by atoms with E-state index in [2.05, 4.69) is 20.8 Å². The number of aryl methyl sites for hydroxylation is 1. The maximum Gasteiger partial charge on any atom is 0.249 e. The molecular formula is C17H15ClN4O2. The zero-order valence-electron chi connectivity index (χ0n) is 13.1. The van der Waals surface area contributed by atoms with Crippen molar-refractivity contribution in [2.75, 3.05) is 17.7 Å². The molecule has 1 aromatic heterocycles. The maximum absolute atomic E-state index is 10.7. The Bertz CT molecular complexity index is 892. The van der Waals surface area contributed by atoms with Crippen LogP contribution in [0, 0.1) is 6.92 Å². The van der Waals surface area contributed by atoms with Crippen LogP contribution < -0.4 is 10.6 Å². The summed E-state index contributed by atoms with van der Waals surface area (Å²) in [6.45, 7) is 1.73. The molecule has 0 aliphatic rings. The lowest BCUT2D eigenvalue weighted by atomic mass is 10.0. The van der Waals surface area contributed by atoms with Crippen molar-refractivity contribution in [2.24, 2.45) is 0 Å². The minimum absolute atomic E-state index is 0.382. The van der Waals surface area contributed by atoms with Gasteiger partial charge in [0.2, 0.25) is 18.2 Å². The van der Waals surface area contributed by atoms with Crippen LogP contribution in [0.3, 0.4) is 0 Å². The third-order valence-electron chi connectivity index (χ3n) is 3.57. The Labute approximate surface area is 143 Å². The van der Waals surface area contributed by atoms with E-state index in [1.54, 1.807) is 14.0 Å². The van der Waals surface area contributed by atoms with Crippen molar-refractivity contribution in [3.8, 4) is 22.6 Å². The molecule has 1 amide bonds. The first-order chi connectivity index (χ1) is 11.6. The lowest BCUT2D eigenvalue weighted by molar-refractivity contribution is -0.105. The summed E-state index contributed by atoms with van der Waals surface area (Å²) in [7, 11) is 1.79. The van der Waals surface area contributed by atoms with Crippen LogP contribution in [0.4, 0.5) is 11.4 Å². The van der Waals surface area contributed by atoms with Crippen molar-refractivity contribution in [1.29, 1.82) is 0 Å². The second-order valence-electron chi connectivity index (χ2n) is 5.07. The van der Waals surface area contributed by atoms with Crippen LogP contribution in [0.15, 0.2) is 40.8 Å². The number of aromatic nitrogens is 2. The van der Waals surface area contributed by atoms with Crippen molar-refractivity contribution in [2.45, 2.75) is 6.92 Å². The highest BCUT2D eigenvalue weighted by atomic mass is 35.5. The molecule has 3 rings (SSSR count). The molecule has 0 atom stereocenters. The van der Waals surface area contributed by atoms with Gasteiger partial charge in [-0.3, -0.25) is 4.79 Å². The summed E-state index contributed by atoms with van der Waals surface area (Å²) in [4.78, 5) is 10.7. The van der Waals surface area contributed by atoms with E-state index in [0.29, 0.717) is 34.5 Å². The van der Waals surface area contributed by atoms with Crippen molar-refractivity contribution in [3.05, 3.63) is 47.3 Å². The number of carbonyl (C=O) groups excluding carboxylic acids is 1. The van der Waals surface area contributed by atoms with Gasteiger partial charge in [0.15, 0.2) is 0 Å². The molecular weight excluding hydrogens is 328 g/mol. The number of carbonyl (C=O) groups is 1. The van der Waals surface area contributed by atoms with Gasteiger partial charge in [0.05, 0.1) is 22.0 Å². The molecule has 2 aromatic carbocycles. The van der Waals surface area contributed by atoms with Gasteiger partial charge in [-0.05, 0) is 23.8 Å². The molecule has 1 heterocycles. The molecule has 2 N–H and O–H groups in total. The molecule has 0 spiro atoms.